The molecule has 1 aromatic carbocycles. The Morgan fingerprint density at radius 1 is 1.44 bits per heavy atom. The molecule has 1 aromatic rings. The Labute approximate surface area is 99.8 Å². The van der Waals surface area contributed by atoms with Gasteiger partial charge in [-0.1, -0.05) is 6.92 Å². The number of carbonyl (C=O) groups is 1. The quantitative estimate of drug-likeness (QED) is 0.797. The van der Waals surface area contributed by atoms with Crippen LogP contribution in [0.15, 0.2) is 24.3 Å². The lowest BCUT2D eigenvalue weighted by Gasteiger charge is -2.04. The van der Waals surface area contributed by atoms with Crippen LogP contribution in [0.5, 0.6) is 0 Å². The molecule has 0 atom stereocenters. The summed E-state index contributed by atoms with van der Waals surface area (Å²) in [6, 6.07) is 8.89. The summed E-state index contributed by atoms with van der Waals surface area (Å²) in [5.74, 6) is 1.48. The average molecular weight is 234 g/mol. The zero-order valence-electron chi connectivity index (χ0n) is 9.19. The van der Waals surface area contributed by atoms with Gasteiger partial charge in [-0.05, 0) is 36.4 Å². The first-order chi connectivity index (χ1) is 7.76. The Morgan fingerprint density at radius 2 is 2.12 bits per heavy atom. The summed E-state index contributed by atoms with van der Waals surface area (Å²) in [6.45, 7) is 2.09. The first kappa shape index (κ1) is 12.6. The highest BCUT2D eigenvalue weighted by atomic mass is 32.2. The van der Waals surface area contributed by atoms with Crippen molar-refractivity contribution in [3.63, 3.8) is 0 Å². The van der Waals surface area contributed by atoms with Crippen molar-refractivity contribution in [2.45, 2.75) is 13.3 Å². The van der Waals surface area contributed by atoms with Crippen LogP contribution in [-0.4, -0.2) is 17.4 Å². The summed E-state index contributed by atoms with van der Waals surface area (Å²) in [6.07, 6.45) is 1.08. The van der Waals surface area contributed by atoms with E-state index in [-0.39, 0.29) is 5.91 Å². The van der Waals surface area contributed by atoms with Gasteiger partial charge in [-0.15, -0.1) is 0 Å². The Balaban J connectivity index is 2.41. The second-order valence-electron chi connectivity index (χ2n) is 3.29. The van der Waals surface area contributed by atoms with Gasteiger partial charge >= 0.3 is 0 Å². The molecule has 0 spiro atoms. The molecule has 0 radical (unpaired) electrons. The highest BCUT2D eigenvalue weighted by Gasteiger charge is 2.01. The lowest BCUT2D eigenvalue weighted by Crippen LogP contribution is -2.14. The number of carbonyl (C=O) groups excluding carboxylic acids is 1. The van der Waals surface area contributed by atoms with E-state index in [4.69, 9.17) is 5.26 Å². The first-order valence-corrected chi connectivity index (χ1v) is 6.29. The van der Waals surface area contributed by atoms with Crippen molar-refractivity contribution in [1.29, 1.82) is 5.26 Å². The van der Waals surface area contributed by atoms with Crippen molar-refractivity contribution >= 4 is 23.4 Å². The van der Waals surface area contributed by atoms with E-state index in [9.17, 15) is 4.79 Å². The van der Waals surface area contributed by atoms with Crippen molar-refractivity contribution in [2.24, 2.45) is 0 Å². The van der Waals surface area contributed by atoms with Crippen LogP contribution >= 0.6 is 11.8 Å². The molecule has 0 aromatic heterocycles. The summed E-state index contributed by atoms with van der Waals surface area (Å²) in [4.78, 5) is 11.4. The molecule has 4 heteroatoms. The molecule has 0 unspecified atom stereocenters. The molecule has 0 aliphatic rings. The number of anilines is 1. The number of benzene rings is 1. The van der Waals surface area contributed by atoms with Gasteiger partial charge in [0.15, 0.2) is 0 Å². The van der Waals surface area contributed by atoms with Crippen LogP contribution < -0.4 is 5.32 Å². The van der Waals surface area contributed by atoms with Gasteiger partial charge in [0.05, 0.1) is 17.4 Å². The number of thioether (sulfide) groups is 1. The fourth-order valence-electron chi connectivity index (χ4n) is 1.13. The highest BCUT2D eigenvalue weighted by Crippen LogP contribution is 2.10. The second kappa shape index (κ2) is 6.91. The maximum atomic E-state index is 11.4. The molecule has 0 saturated heterocycles. The SMILES string of the molecule is CCCSCC(=O)Nc1ccc(C#N)cc1. The number of nitriles is 1. The molecule has 3 nitrogen and oxygen atoms in total. The average Bonchev–Trinajstić information content (AvgIpc) is 2.30. The Hall–Kier alpha value is -1.47. The van der Waals surface area contributed by atoms with E-state index < -0.39 is 0 Å². The molecular weight excluding hydrogens is 220 g/mol. The molecule has 0 fully saturated rings. The van der Waals surface area contributed by atoms with E-state index in [1.165, 1.54) is 0 Å². The number of nitrogens with zero attached hydrogens (tertiary/aromatic N) is 1. The Morgan fingerprint density at radius 3 is 2.69 bits per heavy atom. The fourth-order valence-corrected chi connectivity index (χ4v) is 1.82. The summed E-state index contributed by atoms with van der Waals surface area (Å²) >= 11 is 1.62. The number of amides is 1. The standard InChI is InChI=1S/C12H14N2OS/c1-2-7-16-9-12(15)14-11-5-3-10(8-13)4-6-11/h3-6H,2,7,9H2,1H3,(H,14,15). The molecular formula is C12H14N2OS. The molecule has 0 bridgehead atoms. The molecule has 1 amide bonds. The maximum absolute atomic E-state index is 11.4. The van der Waals surface area contributed by atoms with E-state index in [1.54, 1.807) is 36.0 Å². The number of hydrogen-bond donors (Lipinski definition) is 1. The van der Waals surface area contributed by atoms with Crippen LogP contribution in [0, 0.1) is 11.3 Å². The number of hydrogen-bond acceptors (Lipinski definition) is 3. The van der Waals surface area contributed by atoms with Crippen LogP contribution in [0.25, 0.3) is 0 Å². The zero-order valence-corrected chi connectivity index (χ0v) is 10.0. The lowest BCUT2D eigenvalue weighted by molar-refractivity contribution is -0.113. The van der Waals surface area contributed by atoms with Gasteiger partial charge in [0.25, 0.3) is 0 Å². The third-order valence-electron chi connectivity index (χ3n) is 1.88. The monoisotopic (exact) mass is 234 g/mol. The number of nitrogens with one attached hydrogen (secondary N) is 1. The van der Waals surface area contributed by atoms with Crippen molar-refractivity contribution in [1.82, 2.24) is 0 Å². The van der Waals surface area contributed by atoms with Crippen molar-refractivity contribution < 1.29 is 4.79 Å². The molecule has 0 aliphatic heterocycles. The van der Waals surface area contributed by atoms with Gasteiger partial charge in [0.2, 0.25) is 5.91 Å². The molecule has 0 heterocycles. The maximum Gasteiger partial charge on any atom is 0.234 e. The van der Waals surface area contributed by atoms with Gasteiger partial charge < -0.3 is 5.32 Å². The summed E-state index contributed by atoms with van der Waals surface area (Å²) < 4.78 is 0. The Kier molecular flexibility index (Phi) is 5.44. The van der Waals surface area contributed by atoms with Crippen LogP contribution in [0.4, 0.5) is 5.69 Å². The van der Waals surface area contributed by atoms with Gasteiger partial charge in [-0.3, -0.25) is 4.79 Å². The topological polar surface area (TPSA) is 52.9 Å². The van der Waals surface area contributed by atoms with Gasteiger partial charge in [-0.25, -0.2) is 0 Å². The predicted molar refractivity (Wildman–Crippen MR) is 67.4 cm³/mol. The highest BCUT2D eigenvalue weighted by molar-refractivity contribution is 7.99. The van der Waals surface area contributed by atoms with E-state index >= 15 is 0 Å². The van der Waals surface area contributed by atoms with Crippen LogP contribution in [0.2, 0.25) is 0 Å². The zero-order chi connectivity index (χ0) is 11.8. The third kappa shape index (κ3) is 4.37. The summed E-state index contributed by atoms with van der Waals surface area (Å²) in [7, 11) is 0. The third-order valence-corrected chi connectivity index (χ3v) is 3.04. The molecule has 1 rings (SSSR count). The predicted octanol–water partition coefficient (Wildman–Crippen LogP) is 2.64. The summed E-state index contributed by atoms with van der Waals surface area (Å²) in [5.41, 5.74) is 1.33. The molecule has 0 saturated carbocycles. The van der Waals surface area contributed by atoms with Crippen molar-refractivity contribution in [3.8, 4) is 6.07 Å². The smallest absolute Gasteiger partial charge is 0.234 e. The molecule has 1 N–H and O–H groups in total. The van der Waals surface area contributed by atoms with E-state index in [0.717, 1.165) is 17.9 Å². The van der Waals surface area contributed by atoms with Crippen molar-refractivity contribution in [3.05, 3.63) is 29.8 Å². The molecule has 16 heavy (non-hydrogen) atoms. The second-order valence-corrected chi connectivity index (χ2v) is 4.40. The summed E-state index contributed by atoms with van der Waals surface area (Å²) in [5, 5.41) is 11.4. The van der Waals surface area contributed by atoms with Crippen LogP contribution in [0.1, 0.15) is 18.9 Å². The normalized spacial score (nSPS) is 9.50. The minimum absolute atomic E-state index is 0.00292. The van der Waals surface area contributed by atoms with E-state index in [2.05, 4.69) is 12.2 Å². The van der Waals surface area contributed by atoms with Crippen LogP contribution in [-0.2, 0) is 4.79 Å². The minimum Gasteiger partial charge on any atom is -0.325 e. The van der Waals surface area contributed by atoms with Crippen molar-refractivity contribution in [2.75, 3.05) is 16.8 Å². The van der Waals surface area contributed by atoms with E-state index in [1.807, 2.05) is 6.07 Å². The van der Waals surface area contributed by atoms with Gasteiger partial charge in [0, 0.05) is 5.69 Å². The molecule has 84 valence electrons. The Bertz CT molecular complexity index is 381. The first-order valence-electron chi connectivity index (χ1n) is 5.14. The molecule has 0 aliphatic carbocycles. The minimum atomic E-state index is 0.00292. The van der Waals surface area contributed by atoms with Gasteiger partial charge in [-0.2, -0.15) is 17.0 Å². The largest absolute Gasteiger partial charge is 0.325 e. The fraction of sp³-hybridized carbons (Fsp3) is 0.333. The number of rotatable bonds is 5. The van der Waals surface area contributed by atoms with E-state index in [0.29, 0.717) is 11.3 Å². The lowest BCUT2D eigenvalue weighted by atomic mass is 10.2. The van der Waals surface area contributed by atoms with Gasteiger partial charge in [0.1, 0.15) is 0 Å². The van der Waals surface area contributed by atoms with Crippen LogP contribution in [0.3, 0.4) is 0 Å².